The third-order valence-electron chi connectivity index (χ3n) is 4.81. The van der Waals surface area contributed by atoms with Gasteiger partial charge in [0, 0.05) is 11.1 Å². The number of rotatable bonds is 4. The summed E-state index contributed by atoms with van der Waals surface area (Å²) in [5, 5.41) is 20.8. The van der Waals surface area contributed by atoms with Crippen LogP contribution in [0, 0.1) is 13.8 Å². The number of halogens is 1. The van der Waals surface area contributed by atoms with Crippen molar-refractivity contribution in [2.24, 2.45) is 0 Å². The van der Waals surface area contributed by atoms with Gasteiger partial charge < -0.3 is 9.67 Å². The van der Waals surface area contributed by atoms with Crippen molar-refractivity contribution in [1.29, 1.82) is 0 Å². The Morgan fingerprint density at radius 3 is 2.72 bits per heavy atom. The van der Waals surface area contributed by atoms with Crippen molar-refractivity contribution >= 4 is 33.5 Å². The van der Waals surface area contributed by atoms with E-state index in [2.05, 4.69) is 34.8 Å². The maximum atomic E-state index is 10.7. The highest BCUT2D eigenvalue weighted by atomic mass is 35.5. The third kappa shape index (κ3) is 2.69. The van der Waals surface area contributed by atoms with Crippen LogP contribution in [0.1, 0.15) is 11.3 Å². The van der Waals surface area contributed by atoms with Gasteiger partial charge >= 0.3 is 0 Å². The number of aryl methyl sites for hydroxylation is 1. The SMILES string of the molecule is Cc1c(C)n(C[C@H](O)Cn2nnc3ccccc32)c2c(Cl)cccc12. The van der Waals surface area contributed by atoms with Crippen molar-refractivity contribution in [3.8, 4) is 0 Å². The van der Waals surface area contributed by atoms with Crippen LogP contribution >= 0.6 is 11.6 Å². The average molecular weight is 355 g/mol. The molecule has 0 aliphatic carbocycles. The molecule has 0 unspecified atom stereocenters. The number of nitrogens with zero attached hydrogens (tertiary/aromatic N) is 4. The van der Waals surface area contributed by atoms with Gasteiger partial charge in [-0.2, -0.15) is 0 Å². The molecule has 1 N–H and O–H groups in total. The van der Waals surface area contributed by atoms with Gasteiger partial charge in [-0.25, -0.2) is 4.68 Å². The van der Waals surface area contributed by atoms with Crippen LogP contribution in [0.25, 0.3) is 21.9 Å². The third-order valence-corrected chi connectivity index (χ3v) is 5.11. The zero-order valence-electron chi connectivity index (χ0n) is 14.1. The second-order valence-corrected chi connectivity index (χ2v) is 6.78. The number of hydrogen-bond acceptors (Lipinski definition) is 3. The molecule has 0 saturated carbocycles. The largest absolute Gasteiger partial charge is 0.389 e. The average Bonchev–Trinajstić information content (AvgIpc) is 3.11. The number of aliphatic hydroxyl groups is 1. The molecule has 25 heavy (non-hydrogen) atoms. The fraction of sp³-hybridized carbons (Fsp3) is 0.263. The molecule has 0 amide bonds. The summed E-state index contributed by atoms with van der Waals surface area (Å²) in [5.41, 5.74) is 5.03. The topological polar surface area (TPSA) is 55.9 Å². The summed E-state index contributed by atoms with van der Waals surface area (Å²) >= 11 is 6.42. The predicted molar refractivity (Wildman–Crippen MR) is 100.0 cm³/mol. The molecule has 4 aromatic rings. The Kier molecular flexibility index (Phi) is 3.98. The van der Waals surface area contributed by atoms with Gasteiger partial charge in [0.1, 0.15) is 5.52 Å². The first kappa shape index (κ1) is 16.1. The lowest BCUT2D eigenvalue weighted by Gasteiger charge is -2.15. The van der Waals surface area contributed by atoms with Gasteiger partial charge in [-0.05, 0) is 37.6 Å². The van der Waals surface area contributed by atoms with E-state index in [1.165, 1.54) is 5.56 Å². The quantitative estimate of drug-likeness (QED) is 0.607. The number of aliphatic hydroxyl groups excluding tert-OH is 1. The molecular formula is C19H19ClN4O. The zero-order valence-corrected chi connectivity index (χ0v) is 14.9. The molecule has 2 aromatic carbocycles. The zero-order chi connectivity index (χ0) is 17.6. The molecular weight excluding hydrogens is 336 g/mol. The molecule has 0 bridgehead atoms. The summed E-state index contributed by atoms with van der Waals surface area (Å²) in [4.78, 5) is 0. The minimum Gasteiger partial charge on any atom is -0.389 e. The monoisotopic (exact) mass is 354 g/mol. The fourth-order valence-electron chi connectivity index (χ4n) is 3.41. The number of fused-ring (bicyclic) bond motifs is 2. The van der Waals surface area contributed by atoms with E-state index in [1.54, 1.807) is 4.68 Å². The molecule has 1 atom stereocenters. The Bertz CT molecular complexity index is 1070. The predicted octanol–water partition coefficient (Wildman–Crippen LogP) is 3.72. The van der Waals surface area contributed by atoms with E-state index in [0.29, 0.717) is 18.1 Å². The van der Waals surface area contributed by atoms with E-state index < -0.39 is 6.10 Å². The second kappa shape index (κ2) is 6.17. The van der Waals surface area contributed by atoms with Crippen molar-refractivity contribution in [3.05, 3.63) is 58.7 Å². The first-order chi connectivity index (χ1) is 12.1. The first-order valence-electron chi connectivity index (χ1n) is 8.26. The van der Waals surface area contributed by atoms with Crippen molar-refractivity contribution in [2.75, 3.05) is 0 Å². The molecule has 2 heterocycles. The Hall–Kier alpha value is -2.37. The Balaban J connectivity index is 1.66. The smallest absolute Gasteiger partial charge is 0.113 e. The number of aromatic nitrogens is 4. The summed E-state index contributed by atoms with van der Waals surface area (Å²) in [6, 6.07) is 13.7. The van der Waals surface area contributed by atoms with E-state index in [-0.39, 0.29) is 0 Å². The summed E-state index contributed by atoms with van der Waals surface area (Å²) in [6.07, 6.45) is -0.602. The summed E-state index contributed by atoms with van der Waals surface area (Å²) in [5.74, 6) is 0. The Labute approximate surface area is 150 Å². The number of hydrogen-bond donors (Lipinski definition) is 1. The number of benzene rings is 2. The van der Waals surface area contributed by atoms with Gasteiger partial charge in [-0.1, -0.05) is 41.1 Å². The highest BCUT2D eigenvalue weighted by Crippen LogP contribution is 2.31. The normalized spacial score (nSPS) is 13.0. The molecule has 128 valence electrons. The van der Waals surface area contributed by atoms with Gasteiger partial charge in [0.25, 0.3) is 0 Å². The van der Waals surface area contributed by atoms with Gasteiger partial charge in [-0.3, -0.25) is 0 Å². The molecule has 0 aliphatic heterocycles. The lowest BCUT2D eigenvalue weighted by atomic mass is 10.2. The molecule has 6 heteroatoms. The van der Waals surface area contributed by atoms with Gasteiger partial charge in [0.05, 0.1) is 35.2 Å². The van der Waals surface area contributed by atoms with Gasteiger partial charge in [0.15, 0.2) is 0 Å². The van der Waals surface area contributed by atoms with Crippen molar-refractivity contribution in [2.45, 2.75) is 33.0 Å². The van der Waals surface area contributed by atoms with E-state index in [1.807, 2.05) is 36.4 Å². The molecule has 5 nitrogen and oxygen atoms in total. The van der Waals surface area contributed by atoms with E-state index in [0.717, 1.165) is 27.6 Å². The highest BCUT2D eigenvalue weighted by molar-refractivity contribution is 6.35. The summed E-state index contributed by atoms with van der Waals surface area (Å²) in [7, 11) is 0. The molecule has 0 saturated heterocycles. The van der Waals surface area contributed by atoms with Crippen LogP contribution in [-0.4, -0.2) is 30.8 Å². The van der Waals surface area contributed by atoms with E-state index in [4.69, 9.17) is 11.6 Å². The fourth-order valence-corrected chi connectivity index (χ4v) is 3.68. The minimum absolute atomic E-state index is 0.378. The maximum Gasteiger partial charge on any atom is 0.113 e. The van der Waals surface area contributed by atoms with Crippen LogP contribution in [0.15, 0.2) is 42.5 Å². The summed E-state index contributed by atoms with van der Waals surface area (Å²) < 4.78 is 3.84. The minimum atomic E-state index is -0.602. The molecule has 0 spiro atoms. The van der Waals surface area contributed by atoms with Crippen LogP contribution in [0.2, 0.25) is 5.02 Å². The molecule has 4 rings (SSSR count). The highest BCUT2D eigenvalue weighted by Gasteiger charge is 2.17. The van der Waals surface area contributed by atoms with E-state index in [9.17, 15) is 5.11 Å². The van der Waals surface area contributed by atoms with Crippen LogP contribution in [-0.2, 0) is 13.1 Å². The van der Waals surface area contributed by atoms with Crippen molar-refractivity contribution in [1.82, 2.24) is 19.6 Å². The molecule has 0 aliphatic rings. The number of para-hydroxylation sites is 2. The van der Waals surface area contributed by atoms with Crippen LogP contribution < -0.4 is 0 Å². The second-order valence-electron chi connectivity index (χ2n) is 6.37. The van der Waals surface area contributed by atoms with Crippen molar-refractivity contribution < 1.29 is 5.11 Å². The van der Waals surface area contributed by atoms with Crippen LogP contribution in [0.3, 0.4) is 0 Å². The molecule has 2 aromatic heterocycles. The molecule has 0 radical (unpaired) electrons. The lowest BCUT2D eigenvalue weighted by molar-refractivity contribution is 0.131. The van der Waals surface area contributed by atoms with Crippen molar-refractivity contribution in [3.63, 3.8) is 0 Å². The van der Waals surface area contributed by atoms with Crippen LogP contribution in [0.4, 0.5) is 0 Å². The molecule has 0 fully saturated rings. The van der Waals surface area contributed by atoms with E-state index >= 15 is 0 Å². The Morgan fingerprint density at radius 2 is 1.88 bits per heavy atom. The van der Waals surface area contributed by atoms with Crippen LogP contribution in [0.5, 0.6) is 0 Å². The maximum absolute atomic E-state index is 10.7. The summed E-state index contributed by atoms with van der Waals surface area (Å²) in [6.45, 7) is 4.97. The lowest BCUT2D eigenvalue weighted by Crippen LogP contribution is -2.23. The van der Waals surface area contributed by atoms with Gasteiger partial charge in [-0.15, -0.1) is 5.10 Å². The van der Waals surface area contributed by atoms with Gasteiger partial charge in [0.2, 0.25) is 0 Å². The Morgan fingerprint density at radius 1 is 1.08 bits per heavy atom. The standard InChI is InChI=1S/C19H19ClN4O/c1-12-13(2)23(19-15(12)6-5-7-16(19)20)10-14(25)11-24-18-9-4-3-8-17(18)21-22-24/h3-9,14,25H,10-11H2,1-2H3/t14-/m0/s1. The first-order valence-corrected chi connectivity index (χ1v) is 8.64.